The second-order valence-corrected chi connectivity index (χ2v) is 16.4. The summed E-state index contributed by atoms with van der Waals surface area (Å²) in [5, 5.41) is 0. The Balaban J connectivity index is 5.17. The normalized spacial score (nSPS) is 14.1. The van der Waals surface area contributed by atoms with Gasteiger partial charge in [0.1, 0.15) is 0 Å². The Bertz CT molecular complexity index is 291. The zero-order chi connectivity index (χ0) is 13.9. The number of rotatable bonds is 5. The Morgan fingerprint density at radius 1 is 1.06 bits per heavy atom. The minimum atomic E-state index is -1.68. The van der Waals surface area contributed by atoms with Crippen LogP contribution in [0.25, 0.3) is 0 Å². The van der Waals surface area contributed by atoms with Gasteiger partial charge in [-0.15, -0.1) is 0 Å². The van der Waals surface area contributed by atoms with Crippen LogP contribution in [-0.2, 0) is 14.0 Å². The molecule has 0 rings (SSSR count). The molecule has 17 heavy (non-hydrogen) atoms. The Labute approximate surface area is 107 Å². The summed E-state index contributed by atoms with van der Waals surface area (Å²) in [5.74, 6) is 0.562. The van der Waals surface area contributed by atoms with E-state index < -0.39 is 16.4 Å². The molecule has 0 aromatic rings. The van der Waals surface area contributed by atoms with Crippen LogP contribution >= 0.6 is 0 Å². The first-order valence-corrected chi connectivity index (χ1v) is 13.0. The van der Waals surface area contributed by atoms with E-state index in [-0.39, 0.29) is 5.97 Å². The summed E-state index contributed by atoms with van der Waals surface area (Å²) in [5.41, 5.74) is 0.623. The minimum absolute atomic E-state index is 0.281. The third-order valence-electron chi connectivity index (χ3n) is 2.03. The highest BCUT2D eigenvalue weighted by Crippen LogP contribution is 2.24. The maximum atomic E-state index is 11.6. The summed E-state index contributed by atoms with van der Waals surface area (Å²) in [6, 6.07) is 0.887. The lowest BCUT2D eigenvalue weighted by atomic mass is 10.3. The molecule has 0 spiro atoms. The molecule has 0 saturated carbocycles. The van der Waals surface area contributed by atoms with Crippen LogP contribution in [0.15, 0.2) is 11.3 Å². The van der Waals surface area contributed by atoms with Gasteiger partial charge >= 0.3 is 5.97 Å². The molecule has 0 radical (unpaired) electrons. The van der Waals surface area contributed by atoms with Crippen molar-refractivity contribution < 1.29 is 14.0 Å². The summed E-state index contributed by atoms with van der Waals surface area (Å²) in [4.78, 5) is 11.6. The first-order chi connectivity index (χ1) is 7.46. The number of methoxy groups -OCH3 is 1. The van der Waals surface area contributed by atoms with Gasteiger partial charge in [-0.1, -0.05) is 19.6 Å². The van der Waals surface area contributed by atoms with E-state index in [1.807, 2.05) is 0 Å². The minimum Gasteiger partial charge on any atom is -0.547 e. The van der Waals surface area contributed by atoms with E-state index in [9.17, 15) is 4.79 Å². The average Bonchev–Trinajstić information content (AvgIpc) is 2.09. The van der Waals surface area contributed by atoms with Crippen molar-refractivity contribution in [3.8, 4) is 0 Å². The molecule has 0 aromatic carbocycles. The molecular weight excluding hydrogens is 248 g/mol. The van der Waals surface area contributed by atoms with E-state index in [1.165, 1.54) is 7.11 Å². The summed E-state index contributed by atoms with van der Waals surface area (Å²) in [6.45, 7) is 15.0. The molecule has 0 saturated heterocycles. The first kappa shape index (κ1) is 16.4. The van der Waals surface area contributed by atoms with Crippen LogP contribution in [0.1, 0.15) is 6.92 Å². The number of ether oxygens (including phenoxy) is 1. The van der Waals surface area contributed by atoms with Crippen molar-refractivity contribution >= 4 is 22.4 Å². The van der Waals surface area contributed by atoms with Gasteiger partial charge in [0.15, 0.2) is 0 Å². The quantitative estimate of drug-likeness (QED) is 0.332. The van der Waals surface area contributed by atoms with Crippen LogP contribution in [0.4, 0.5) is 0 Å². The number of esters is 1. The van der Waals surface area contributed by atoms with Crippen molar-refractivity contribution in [2.24, 2.45) is 0 Å². The van der Waals surface area contributed by atoms with E-state index in [0.29, 0.717) is 5.57 Å². The van der Waals surface area contributed by atoms with Crippen LogP contribution in [0.3, 0.4) is 0 Å². The predicted molar refractivity (Wildman–Crippen MR) is 77.3 cm³/mol. The lowest BCUT2D eigenvalue weighted by molar-refractivity contribution is -0.136. The highest BCUT2D eigenvalue weighted by atomic mass is 28.4. The molecule has 3 nitrogen and oxygen atoms in total. The van der Waals surface area contributed by atoms with Crippen LogP contribution in [0.5, 0.6) is 0 Å². The number of carbonyl (C=O) groups excluding carboxylic acids is 1. The second kappa shape index (κ2) is 5.86. The molecule has 5 heteroatoms. The largest absolute Gasteiger partial charge is 0.547 e. The molecule has 0 aliphatic rings. The van der Waals surface area contributed by atoms with Crippen molar-refractivity contribution in [2.75, 3.05) is 7.11 Å². The monoisotopic (exact) mass is 274 g/mol. The number of allylic oxidation sites excluding steroid dienone is 1. The molecule has 0 aliphatic heterocycles. The van der Waals surface area contributed by atoms with Gasteiger partial charge in [-0.2, -0.15) is 0 Å². The van der Waals surface area contributed by atoms with Gasteiger partial charge in [-0.3, -0.25) is 0 Å². The van der Waals surface area contributed by atoms with Crippen molar-refractivity contribution in [1.29, 1.82) is 0 Å². The van der Waals surface area contributed by atoms with Gasteiger partial charge < -0.3 is 9.16 Å². The van der Waals surface area contributed by atoms with Gasteiger partial charge in [0.2, 0.25) is 8.32 Å². The average molecular weight is 275 g/mol. The maximum absolute atomic E-state index is 11.6. The number of hydrogen-bond donors (Lipinski definition) is 0. The molecule has 0 heterocycles. The Morgan fingerprint density at radius 3 is 1.82 bits per heavy atom. The molecule has 0 bridgehead atoms. The Hall–Kier alpha value is -0.556. The topological polar surface area (TPSA) is 35.5 Å². The summed E-state index contributed by atoms with van der Waals surface area (Å²) >= 11 is 0. The van der Waals surface area contributed by atoms with Crippen molar-refractivity contribution in [1.82, 2.24) is 0 Å². The molecule has 0 N–H and O–H groups in total. The molecule has 0 fully saturated rings. The van der Waals surface area contributed by atoms with Crippen LogP contribution in [0.2, 0.25) is 45.3 Å². The molecule has 0 aliphatic carbocycles. The third-order valence-corrected chi connectivity index (χ3v) is 4.27. The van der Waals surface area contributed by atoms with Gasteiger partial charge in [0, 0.05) is 0 Å². The molecule has 0 atom stereocenters. The maximum Gasteiger partial charge on any atom is 0.336 e. The SMILES string of the molecule is COC(=O)C(C)=C(C[Si](C)(C)C)O[Si](C)(C)C. The fourth-order valence-electron chi connectivity index (χ4n) is 1.36. The highest BCUT2D eigenvalue weighted by Gasteiger charge is 2.26. The summed E-state index contributed by atoms with van der Waals surface area (Å²) in [6.07, 6.45) is 0. The molecule has 100 valence electrons. The van der Waals surface area contributed by atoms with E-state index in [4.69, 9.17) is 9.16 Å². The lowest BCUT2D eigenvalue weighted by Gasteiger charge is -2.27. The molecule has 0 unspecified atom stereocenters. The summed E-state index contributed by atoms with van der Waals surface area (Å²) in [7, 11) is -1.59. The van der Waals surface area contributed by atoms with Gasteiger partial charge in [-0.05, 0) is 32.6 Å². The fourth-order valence-corrected chi connectivity index (χ4v) is 3.77. The van der Waals surface area contributed by atoms with Gasteiger partial charge in [0.05, 0.1) is 26.5 Å². The fraction of sp³-hybridized carbons (Fsp3) is 0.750. The molecule has 0 aromatic heterocycles. The molecule has 0 amide bonds. The standard InChI is InChI=1S/C12H26O3Si2/c1-10(12(13)14-2)11(9-16(3,4)5)15-17(6,7)8/h9H2,1-8H3. The zero-order valence-electron chi connectivity index (χ0n) is 12.4. The predicted octanol–water partition coefficient (Wildman–Crippen LogP) is 3.62. The van der Waals surface area contributed by atoms with Crippen molar-refractivity contribution in [3.63, 3.8) is 0 Å². The zero-order valence-corrected chi connectivity index (χ0v) is 14.4. The summed E-state index contributed by atoms with van der Waals surface area (Å²) < 4.78 is 10.8. The second-order valence-electron chi connectivity index (χ2n) is 6.49. The van der Waals surface area contributed by atoms with Crippen molar-refractivity contribution in [3.05, 3.63) is 11.3 Å². The van der Waals surface area contributed by atoms with Crippen LogP contribution < -0.4 is 0 Å². The number of hydrogen-bond acceptors (Lipinski definition) is 3. The highest BCUT2D eigenvalue weighted by molar-refractivity contribution is 6.77. The van der Waals surface area contributed by atoms with E-state index in [0.717, 1.165) is 11.8 Å². The van der Waals surface area contributed by atoms with Crippen molar-refractivity contribution in [2.45, 2.75) is 52.2 Å². The third kappa shape index (κ3) is 7.38. The smallest absolute Gasteiger partial charge is 0.336 e. The van der Waals surface area contributed by atoms with E-state index in [2.05, 4.69) is 39.3 Å². The van der Waals surface area contributed by atoms with Gasteiger partial charge in [-0.25, -0.2) is 4.79 Å². The van der Waals surface area contributed by atoms with Crippen LogP contribution in [0, 0.1) is 0 Å². The van der Waals surface area contributed by atoms with E-state index >= 15 is 0 Å². The Morgan fingerprint density at radius 2 is 1.53 bits per heavy atom. The molecular formula is C12H26O3Si2. The Kier molecular flexibility index (Phi) is 5.67. The van der Waals surface area contributed by atoms with Gasteiger partial charge in [0.25, 0.3) is 0 Å². The van der Waals surface area contributed by atoms with Crippen LogP contribution in [-0.4, -0.2) is 29.5 Å². The first-order valence-electron chi connectivity index (χ1n) is 5.93. The number of carbonyl (C=O) groups is 1. The van der Waals surface area contributed by atoms with E-state index in [1.54, 1.807) is 6.92 Å². The lowest BCUT2D eigenvalue weighted by Crippen LogP contribution is -2.30.